The van der Waals surface area contributed by atoms with Crippen LogP contribution in [-0.4, -0.2) is 59.9 Å². The Labute approximate surface area is 81.2 Å². The number of carbonyl (C=O) groups is 2. The van der Waals surface area contributed by atoms with Crippen molar-refractivity contribution < 1.29 is 19.8 Å². The van der Waals surface area contributed by atoms with E-state index in [1.807, 2.05) is 0 Å². The molecule has 48 valence electrons. The molecule has 0 aliphatic carbocycles. The molecule has 0 saturated carbocycles. The molecule has 0 fully saturated rings. The van der Waals surface area contributed by atoms with E-state index in [-0.39, 0.29) is 37.7 Å². The second kappa shape index (κ2) is 6.07. The fraction of sp³-hybridized carbons (Fsp3) is 0. The summed E-state index contributed by atoms with van der Waals surface area (Å²) in [5, 5.41) is 15.6. The summed E-state index contributed by atoms with van der Waals surface area (Å²) < 4.78 is 0. The van der Waals surface area contributed by atoms with Crippen molar-refractivity contribution in [2.45, 2.75) is 0 Å². The van der Waals surface area contributed by atoms with Crippen LogP contribution in [0.25, 0.3) is 0 Å². The SMILES string of the molecule is O=C(O)C=CC(=O)O.[CaH2]. The van der Waals surface area contributed by atoms with Crippen molar-refractivity contribution in [1.82, 2.24) is 0 Å². The fourth-order valence-corrected chi connectivity index (χ4v) is 0.143. The maximum atomic E-state index is 9.55. The van der Waals surface area contributed by atoms with E-state index in [0.29, 0.717) is 12.2 Å². The predicted octanol–water partition coefficient (Wildman–Crippen LogP) is -1.20. The quantitative estimate of drug-likeness (QED) is 0.391. The van der Waals surface area contributed by atoms with Crippen molar-refractivity contribution in [1.29, 1.82) is 0 Å². The van der Waals surface area contributed by atoms with Crippen molar-refractivity contribution in [2.24, 2.45) is 0 Å². The van der Waals surface area contributed by atoms with Crippen LogP contribution in [0.3, 0.4) is 0 Å². The maximum absolute atomic E-state index is 9.55. The van der Waals surface area contributed by atoms with Gasteiger partial charge in [0, 0.05) is 12.2 Å². The third kappa shape index (κ3) is 11.5. The molecule has 0 aliphatic heterocycles. The van der Waals surface area contributed by atoms with Crippen LogP contribution in [0.15, 0.2) is 12.2 Å². The summed E-state index contributed by atoms with van der Waals surface area (Å²) >= 11 is 0. The van der Waals surface area contributed by atoms with Crippen molar-refractivity contribution in [2.75, 3.05) is 0 Å². The molecule has 4 nitrogen and oxygen atoms in total. The molecular weight excluding hydrogens is 152 g/mol. The molecule has 0 aromatic heterocycles. The number of carboxylic acids is 2. The van der Waals surface area contributed by atoms with Crippen molar-refractivity contribution in [3.8, 4) is 0 Å². The van der Waals surface area contributed by atoms with Gasteiger partial charge in [0.15, 0.2) is 0 Å². The molecule has 0 bridgehead atoms. The molecule has 0 heterocycles. The van der Waals surface area contributed by atoms with E-state index in [9.17, 15) is 9.59 Å². The van der Waals surface area contributed by atoms with E-state index < -0.39 is 11.9 Å². The van der Waals surface area contributed by atoms with Gasteiger partial charge in [0.1, 0.15) is 0 Å². The van der Waals surface area contributed by atoms with Crippen LogP contribution >= 0.6 is 0 Å². The number of rotatable bonds is 2. The van der Waals surface area contributed by atoms with Crippen molar-refractivity contribution in [3.05, 3.63) is 12.2 Å². The van der Waals surface area contributed by atoms with E-state index in [1.54, 1.807) is 0 Å². The molecule has 0 spiro atoms. The second-order valence-electron chi connectivity index (χ2n) is 1.01. The predicted molar refractivity (Wildman–Crippen MR) is 33.0 cm³/mol. The summed E-state index contributed by atoms with van der Waals surface area (Å²) in [4.78, 5) is 19.1. The first kappa shape index (κ1) is 11.7. The van der Waals surface area contributed by atoms with Crippen LogP contribution < -0.4 is 0 Å². The Morgan fingerprint density at radius 1 is 1.00 bits per heavy atom. The molecule has 5 heteroatoms. The molecule has 9 heavy (non-hydrogen) atoms. The molecule has 0 atom stereocenters. The van der Waals surface area contributed by atoms with E-state index in [2.05, 4.69) is 0 Å². The Hall–Kier alpha value is -0.0603. The van der Waals surface area contributed by atoms with Crippen LogP contribution in [0.5, 0.6) is 0 Å². The van der Waals surface area contributed by atoms with E-state index in [1.165, 1.54) is 0 Å². The number of hydrogen-bond acceptors (Lipinski definition) is 2. The average molecular weight is 158 g/mol. The monoisotopic (exact) mass is 158 g/mol. The van der Waals surface area contributed by atoms with Gasteiger partial charge >= 0.3 is 49.7 Å². The van der Waals surface area contributed by atoms with Crippen LogP contribution in [-0.2, 0) is 9.59 Å². The molecule has 0 aromatic rings. The zero-order chi connectivity index (χ0) is 6.57. The Morgan fingerprint density at radius 2 is 1.22 bits per heavy atom. The summed E-state index contributed by atoms with van der Waals surface area (Å²) in [6, 6.07) is 0. The van der Waals surface area contributed by atoms with Gasteiger partial charge in [0.25, 0.3) is 0 Å². The van der Waals surface area contributed by atoms with Crippen LogP contribution in [0.2, 0.25) is 0 Å². The average Bonchev–Trinajstić information content (AvgIpc) is 1.61. The molecule has 0 aliphatic rings. The van der Waals surface area contributed by atoms with Crippen molar-refractivity contribution in [3.63, 3.8) is 0 Å². The van der Waals surface area contributed by atoms with E-state index in [0.717, 1.165) is 0 Å². The molecule has 0 radical (unpaired) electrons. The van der Waals surface area contributed by atoms with Gasteiger partial charge in [-0.15, -0.1) is 0 Å². The standard InChI is InChI=1S/C4H4O4.Ca.2H/c5-3(6)1-2-4(7)8;;;/h1-2H,(H,5,6)(H,7,8);;;. The summed E-state index contributed by atoms with van der Waals surface area (Å²) in [5.74, 6) is -2.51. The third-order valence-electron chi connectivity index (χ3n) is 0.368. The molecule has 0 rings (SSSR count). The van der Waals surface area contributed by atoms with Gasteiger partial charge in [-0.1, -0.05) is 0 Å². The Balaban J connectivity index is 0. The minimum absolute atomic E-state index is 0. The zero-order valence-electron chi connectivity index (χ0n) is 3.87. The number of carboxylic acid groups (broad SMARTS) is 2. The fourth-order valence-electron chi connectivity index (χ4n) is 0.143. The first-order valence-electron chi connectivity index (χ1n) is 1.77. The number of hydrogen-bond donors (Lipinski definition) is 2. The van der Waals surface area contributed by atoms with Gasteiger partial charge in [-0.25, -0.2) is 9.59 Å². The Kier molecular flexibility index (Phi) is 7.89. The Morgan fingerprint density at radius 3 is 1.33 bits per heavy atom. The summed E-state index contributed by atoms with van der Waals surface area (Å²) in [5.41, 5.74) is 0. The van der Waals surface area contributed by atoms with Gasteiger partial charge in [0.2, 0.25) is 0 Å². The van der Waals surface area contributed by atoms with Crippen molar-refractivity contribution >= 4 is 49.7 Å². The summed E-state index contributed by atoms with van der Waals surface area (Å²) in [6.45, 7) is 0. The van der Waals surface area contributed by atoms with E-state index >= 15 is 0 Å². The number of aliphatic carboxylic acids is 2. The van der Waals surface area contributed by atoms with Crippen LogP contribution in [0.1, 0.15) is 0 Å². The normalized spacial score (nSPS) is 8.44. The van der Waals surface area contributed by atoms with Gasteiger partial charge in [-0.2, -0.15) is 0 Å². The minimum atomic E-state index is -1.26. The Bertz CT molecular complexity index is 124. The van der Waals surface area contributed by atoms with E-state index in [4.69, 9.17) is 10.2 Å². The summed E-state index contributed by atoms with van der Waals surface area (Å²) in [6.07, 6.45) is 1.12. The first-order valence-corrected chi connectivity index (χ1v) is 1.77. The van der Waals surface area contributed by atoms with Gasteiger partial charge < -0.3 is 10.2 Å². The molecule has 0 amide bonds. The van der Waals surface area contributed by atoms with Gasteiger partial charge in [0.05, 0.1) is 0 Å². The van der Waals surface area contributed by atoms with Crippen LogP contribution in [0.4, 0.5) is 0 Å². The second-order valence-corrected chi connectivity index (χ2v) is 1.01. The third-order valence-corrected chi connectivity index (χ3v) is 0.368. The molecular formula is C4H6CaO4. The first-order chi connectivity index (χ1) is 3.63. The summed E-state index contributed by atoms with van der Waals surface area (Å²) in [7, 11) is 0. The zero-order valence-corrected chi connectivity index (χ0v) is 3.87. The molecule has 2 N–H and O–H groups in total. The molecule has 0 unspecified atom stereocenters. The molecule has 0 aromatic carbocycles. The van der Waals surface area contributed by atoms with Gasteiger partial charge in [-0.05, 0) is 0 Å². The van der Waals surface area contributed by atoms with Crippen LogP contribution in [0, 0.1) is 0 Å². The topological polar surface area (TPSA) is 74.6 Å². The molecule has 0 saturated heterocycles. The van der Waals surface area contributed by atoms with Gasteiger partial charge in [-0.3, -0.25) is 0 Å².